The van der Waals surface area contributed by atoms with E-state index in [2.05, 4.69) is 27.7 Å². The van der Waals surface area contributed by atoms with Crippen molar-refractivity contribution in [2.75, 3.05) is 13.2 Å². The number of carbonyl (C=O) groups excluding carboxylic acids is 3. The van der Waals surface area contributed by atoms with Gasteiger partial charge in [0.15, 0.2) is 6.10 Å². The lowest BCUT2D eigenvalue weighted by atomic mass is 10.0. The quantitative estimate of drug-likeness (QED) is 0.0344. The van der Waals surface area contributed by atoms with Crippen LogP contribution in [0.3, 0.4) is 0 Å². The summed E-state index contributed by atoms with van der Waals surface area (Å²) in [6, 6.07) is 0. The van der Waals surface area contributed by atoms with Gasteiger partial charge in [0.25, 0.3) is 0 Å². The van der Waals surface area contributed by atoms with Gasteiger partial charge in [-0.2, -0.15) is 0 Å². The lowest BCUT2D eigenvalue weighted by Gasteiger charge is -2.18. The Morgan fingerprint density at radius 2 is 0.541 bits per heavy atom. The maximum Gasteiger partial charge on any atom is 0.306 e. The Balaban J connectivity index is 4.31. The first kappa shape index (κ1) is 59.4. The smallest absolute Gasteiger partial charge is 0.306 e. The summed E-state index contributed by atoms with van der Waals surface area (Å²) in [5.41, 5.74) is 0. The van der Waals surface area contributed by atoms with E-state index in [-0.39, 0.29) is 31.1 Å². The molecule has 61 heavy (non-hydrogen) atoms. The normalized spacial score (nSPS) is 12.0. The summed E-state index contributed by atoms with van der Waals surface area (Å²) in [6.07, 6.45) is 52.3. The van der Waals surface area contributed by atoms with Crippen LogP contribution >= 0.6 is 0 Å². The molecule has 0 amide bonds. The van der Waals surface area contributed by atoms with Gasteiger partial charge in [0.2, 0.25) is 0 Å². The van der Waals surface area contributed by atoms with Crippen LogP contribution in [-0.4, -0.2) is 37.2 Å². The molecule has 362 valence electrons. The summed E-state index contributed by atoms with van der Waals surface area (Å²) in [5, 5.41) is 0. The maximum atomic E-state index is 12.8. The van der Waals surface area contributed by atoms with E-state index in [1.54, 1.807) is 0 Å². The minimum absolute atomic E-state index is 0.0622. The molecule has 0 heterocycles. The van der Waals surface area contributed by atoms with Gasteiger partial charge in [0, 0.05) is 19.3 Å². The van der Waals surface area contributed by atoms with Crippen molar-refractivity contribution in [3.63, 3.8) is 0 Å². The van der Waals surface area contributed by atoms with Gasteiger partial charge in [-0.15, -0.1) is 0 Å². The molecule has 1 atom stereocenters. The van der Waals surface area contributed by atoms with Crippen LogP contribution in [0.5, 0.6) is 0 Å². The molecule has 0 rings (SSSR count). The Hall–Kier alpha value is -1.59. The van der Waals surface area contributed by atoms with Crippen molar-refractivity contribution in [3.8, 4) is 0 Å². The molecular formula is C55H106O6. The van der Waals surface area contributed by atoms with Crippen molar-refractivity contribution in [2.45, 2.75) is 316 Å². The fourth-order valence-corrected chi connectivity index (χ4v) is 8.39. The van der Waals surface area contributed by atoms with E-state index in [1.165, 1.54) is 205 Å². The molecule has 6 heteroatoms. The molecule has 6 nitrogen and oxygen atoms in total. The van der Waals surface area contributed by atoms with E-state index >= 15 is 0 Å². The highest BCUT2D eigenvalue weighted by Crippen LogP contribution is 2.17. The second-order valence-corrected chi connectivity index (χ2v) is 19.3. The van der Waals surface area contributed by atoms with Gasteiger partial charge in [-0.1, -0.05) is 272 Å². The largest absolute Gasteiger partial charge is 0.462 e. The topological polar surface area (TPSA) is 78.9 Å². The second kappa shape index (κ2) is 49.4. The van der Waals surface area contributed by atoms with Crippen molar-refractivity contribution >= 4 is 17.9 Å². The van der Waals surface area contributed by atoms with E-state index in [9.17, 15) is 14.4 Å². The Bertz CT molecular complexity index is 918. The molecule has 0 aromatic rings. The number of hydrogen-bond acceptors (Lipinski definition) is 6. The molecule has 0 unspecified atom stereocenters. The first-order valence-electron chi connectivity index (χ1n) is 27.4. The summed E-state index contributed by atoms with van der Waals surface area (Å²) in [5.74, 6) is -0.00716. The first-order valence-corrected chi connectivity index (χ1v) is 27.4. The van der Waals surface area contributed by atoms with Crippen LogP contribution < -0.4 is 0 Å². The highest BCUT2D eigenvalue weighted by atomic mass is 16.6. The Labute approximate surface area is 380 Å². The first-order chi connectivity index (χ1) is 29.9. The van der Waals surface area contributed by atoms with Gasteiger partial charge in [0.1, 0.15) is 13.2 Å². The minimum Gasteiger partial charge on any atom is -0.462 e. The number of ether oxygens (including phenoxy) is 3. The van der Waals surface area contributed by atoms with Gasteiger partial charge >= 0.3 is 17.9 Å². The SMILES string of the molecule is CCCCCCCCCCCCCCCCCC(=O)OC[C@H](COC(=O)CCCCCCCCCCCCCCC)OC(=O)CCCCCCCCCCCCCCC(C)C. The van der Waals surface area contributed by atoms with Crippen LogP contribution in [-0.2, 0) is 28.6 Å². The molecule has 0 aliphatic heterocycles. The molecule has 0 aliphatic carbocycles. The van der Waals surface area contributed by atoms with Crippen molar-refractivity contribution in [1.82, 2.24) is 0 Å². The average molecular weight is 863 g/mol. The molecule has 0 aliphatic rings. The highest BCUT2D eigenvalue weighted by molar-refractivity contribution is 5.71. The fourth-order valence-electron chi connectivity index (χ4n) is 8.39. The average Bonchev–Trinajstić information content (AvgIpc) is 3.24. The zero-order valence-corrected chi connectivity index (χ0v) is 41.6. The summed E-state index contributed by atoms with van der Waals surface area (Å²) in [7, 11) is 0. The second-order valence-electron chi connectivity index (χ2n) is 19.3. The maximum absolute atomic E-state index is 12.8. The van der Waals surface area contributed by atoms with Gasteiger partial charge in [0.05, 0.1) is 0 Å². The molecule has 0 N–H and O–H groups in total. The summed E-state index contributed by atoms with van der Waals surface area (Å²) >= 11 is 0. The monoisotopic (exact) mass is 863 g/mol. The van der Waals surface area contributed by atoms with E-state index < -0.39 is 6.10 Å². The third kappa shape index (κ3) is 49.3. The summed E-state index contributed by atoms with van der Waals surface area (Å²) in [6.45, 7) is 9.04. The Morgan fingerprint density at radius 3 is 0.803 bits per heavy atom. The number of unbranched alkanes of at least 4 members (excludes halogenated alkanes) is 37. The molecule has 0 spiro atoms. The van der Waals surface area contributed by atoms with E-state index in [0.29, 0.717) is 19.3 Å². The molecule has 0 bridgehead atoms. The predicted octanol–water partition coefficient (Wildman–Crippen LogP) is 17.8. The number of rotatable bonds is 50. The fraction of sp³-hybridized carbons (Fsp3) is 0.945. The number of hydrogen-bond donors (Lipinski definition) is 0. The molecule has 0 saturated carbocycles. The molecule has 0 radical (unpaired) electrons. The summed E-state index contributed by atoms with van der Waals surface area (Å²) in [4.78, 5) is 38.0. The molecular weight excluding hydrogens is 757 g/mol. The zero-order chi connectivity index (χ0) is 44.5. The van der Waals surface area contributed by atoms with Gasteiger partial charge in [-0.05, 0) is 25.2 Å². The van der Waals surface area contributed by atoms with Crippen LogP contribution in [0.2, 0.25) is 0 Å². The van der Waals surface area contributed by atoms with Crippen molar-refractivity contribution in [3.05, 3.63) is 0 Å². The predicted molar refractivity (Wildman–Crippen MR) is 261 cm³/mol. The van der Waals surface area contributed by atoms with Gasteiger partial charge in [-0.25, -0.2) is 0 Å². The summed E-state index contributed by atoms with van der Waals surface area (Å²) < 4.78 is 16.8. The van der Waals surface area contributed by atoms with Crippen molar-refractivity contribution in [1.29, 1.82) is 0 Å². The number of carbonyl (C=O) groups is 3. The standard InChI is InChI=1S/C55H106O6/c1-5-7-9-11-13-15-17-19-20-22-27-31-35-39-43-47-54(57)60-50-52(49-59-53(56)46-42-38-34-30-26-21-18-16-14-12-10-8-6-2)61-55(58)48-44-40-36-32-28-24-23-25-29-33-37-41-45-51(3)4/h51-52H,5-50H2,1-4H3/t52-/m0/s1. The van der Waals surface area contributed by atoms with Crippen molar-refractivity contribution < 1.29 is 28.6 Å². The van der Waals surface area contributed by atoms with E-state index in [1.807, 2.05) is 0 Å². The van der Waals surface area contributed by atoms with Crippen LogP contribution in [0.4, 0.5) is 0 Å². The third-order valence-corrected chi connectivity index (χ3v) is 12.5. The van der Waals surface area contributed by atoms with Crippen LogP contribution in [0, 0.1) is 5.92 Å². The lowest BCUT2D eigenvalue weighted by molar-refractivity contribution is -0.167. The molecule has 0 aromatic carbocycles. The van der Waals surface area contributed by atoms with E-state index in [0.717, 1.165) is 63.7 Å². The van der Waals surface area contributed by atoms with Gasteiger partial charge < -0.3 is 14.2 Å². The van der Waals surface area contributed by atoms with E-state index in [4.69, 9.17) is 14.2 Å². The minimum atomic E-state index is -0.761. The Kier molecular flexibility index (Phi) is 48.1. The van der Waals surface area contributed by atoms with Crippen LogP contribution in [0.25, 0.3) is 0 Å². The van der Waals surface area contributed by atoms with Crippen LogP contribution in [0.1, 0.15) is 310 Å². The molecule has 0 aromatic heterocycles. The molecule has 0 saturated heterocycles. The number of esters is 3. The third-order valence-electron chi connectivity index (χ3n) is 12.5. The lowest BCUT2D eigenvalue weighted by Crippen LogP contribution is -2.30. The highest BCUT2D eigenvalue weighted by Gasteiger charge is 2.19. The molecule has 0 fully saturated rings. The van der Waals surface area contributed by atoms with Gasteiger partial charge in [-0.3, -0.25) is 14.4 Å². The van der Waals surface area contributed by atoms with Crippen molar-refractivity contribution in [2.24, 2.45) is 5.92 Å². The van der Waals surface area contributed by atoms with Crippen LogP contribution in [0.15, 0.2) is 0 Å². The Morgan fingerprint density at radius 1 is 0.311 bits per heavy atom. The zero-order valence-electron chi connectivity index (χ0n) is 41.6.